The van der Waals surface area contributed by atoms with Crippen molar-refractivity contribution < 1.29 is 14.3 Å². The van der Waals surface area contributed by atoms with E-state index in [9.17, 15) is 4.79 Å². The maximum atomic E-state index is 12.5. The van der Waals surface area contributed by atoms with Crippen LogP contribution < -0.4 is 0 Å². The molecular weight excluding hydrogens is 370 g/mol. The molecule has 2 heterocycles. The third kappa shape index (κ3) is 4.06. The Morgan fingerprint density at radius 1 is 1.31 bits per heavy atom. The number of halogens is 1. The Labute approximate surface area is 164 Å². The topological polar surface area (TPSA) is 38.8 Å². The number of fused-ring (bicyclic) bond motifs is 1. The standard InChI is InChI=1S/C20H26ClNO3S/c1-3-25-19(23)20(10-13-24-2)8-11-22(12-9-20)14-17-18(21)15-6-4-5-7-16(15)26-17/h4-7H,3,8-14H2,1-2H3. The fourth-order valence-corrected chi connectivity index (χ4v) is 5.18. The summed E-state index contributed by atoms with van der Waals surface area (Å²) < 4.78 is 11.8. The van der Waals surface area contributed by atoms with Gasteiger partial charge in [-0.1, -0.05) is 29.8 Å². The Bertz CT molecular complexity index is 753. The highest BCUT2D eigenvalue weighted by atomic mass is 35.5. The lowest BCUT2D eigenvalue weighted by Gasteiger charge is -2.39. The number of nitrogens with zero attached hydrogens (tertiary/aromatic N) is 1. The average Bonchev–Trinajstić information content (AvgIpc) is 2.97. The van der Waals surface area contributed by atoms with Crippen LogP contribution in [0.5, 0.6) is 0 Å². The van der Waals surface area contributed by atoms with E-state index in [1.165, 1.54) is 9.58 Å². The van der Waals surface area contributed by atoms with Crippen molar-refractivity contribution in [3.05, 3.63) is 34.2 Å². The zero-order chi connectivity index (χ0) is 18.6. The van der Waals surface area contributed by atoms with Crippen molar-refractivity contribution in [1.82, 2.24) is 4.90 Å². The van der Waals surface area contributed by atoms with Crippen LogP contribution in [0.1, 0.15) is 31.1 Å². The largest absolute Gasteiger partial charge is 0.466 e. The Morgan fingerprint density at radius 3 is 2.69 bits per heavy atom. The van der Waals surface area contributed by atoms with Crippen LogP contribution in [-0.4, -0.2) is 44.3 Å². The van der Waals surface area contributed by atoms with E-state index in [1.54, 1.807) is 18.4 Å². The number of likely N-dealkylation sites (tertiary alicyclic amines) is 1. The minimum absolute atomic E-state index is 0.0726. The minimum atomic E-state index is -0.410. The lowest BCUT2D eigenvalue weighted by Crippen LogP contribution is -2.45. The number of piperidine rings is 1. The predicted molar refractivity (Wildman–Crippen MR) is 107 cm³/mol. The van der Waals surface area contributed by atoms with E-state index in [0.717, 1.165) is 49.3 Å². The molecule has 3 rings (SSSR count). The van der Waals surface area contributed by atoms with Gasteiger partial charge in [0.1, 0.15) is 0 Å². The summed E-state index contributed by atoms with van der Waals surface area (Å²) >= 11 is 8.35. The van der Waals surface area contributed by atoms with Gasteiger partial charge < -0.3 is 9.47 Å². The Hall–Kier alpha value is -1.14. The SMILES string of the molecule is CCOC(=O)C1(CCOC)CCN(Cc2sc3ccccc3c2Cl)CC1. The minimum Gasteiger partial charge on any atom is -0.466 e. The Morgan fingerprint density at radius 2 is 2.04 bits per heavy atom. The number of ether oxygens (including phenoxy) is 2. The molecular formula is C20H26ClNO3S. The summed E-state index contributed by atoms with van der Waals surface area (Å²) in [7, 11) is 1.68. The highest BCUT2D eigenvalue weighted by Crippen LogP contribution is 2.39. The van der Waals surface area contributed by atoms with Gasteiger partial charge >= 0.3 is 5.97 Å². The summed E-state index contributed by atoms with van der Waals surface area (Å²) in [4.78, 5) is 16.1. The molecule has 0 amide bonds. The van der Waals surface area contributed by atoms with Crippen molar-refractivity contribution in [2.24, 2.45) is 5.41 Å². The lowest BCUT2D eigenvalue weighted by atomic mass is 9.76. The smallest absolute Gasteiger partial charge is 0.312 e. The zero-order valence-electron chi connectivity index (χ0n) is 15.4. The van der Waals surface area contributed by atoms with Gasteiger partial charge in [-0.25, -0.2) is 0 Å². The van der Waals surface area contributed by atoms with Crippen molar-refractivity contribution in [1.29, 1.82) is 0 Å². The van der Waals surface area contributed by atoms with Gasteiger partial charge in [0.2, 0.25) is 0 Å². The molecule has 4 nitrogen and oxygen atoms in total. The second-order valence-electron chi connectivity index (χ2n) is 6.86. The molecule has 26 heavy (non-hydrogen) atoms. The molecule has 1 aliphatic rings. The number of carbonyl (C=O) groups excluding carboxylic acids is 1. The number of benzene rings is 1. The number of esters is 1. The van der Waals surface area contributed by atoms with Crippen molar-refractivity contribution in [2.45, 2.75) is 32.7 Å². The molecule has 6 heteroatoms. The van der Waals surface area contributed by atoms with E-state index in [1.807, 2.05) is 19.1 Å². The highest BCUT2D eigenvalue weighted by molar-refractivity contribution is 7.19. The molecule has 0 bridgehead atoms. The lowest BCUT2D eigenvalue weighted by molar-refractivity contribution is -0.160. The monoisotopic (exact) mass is 395 g/mol. The van der Waals surface area contributed by atoms with Gasteiger partial charge in [-0.05, 0) is 45.3 Å². The van der Waals surface area contributed by atoms with Crippen LogP contribution in [0.3, 0.4) is 0 Å². The molecule has 0 aliphatic carbocycles. The van der Waals surface area contributed by atoms with Crippen molar-refractivity contribution in [3.63, 3.8) is 0 Å². The molecule has 0 saturated carbocycles. The number of hydrogen-bond donors (Lipinski definition) is 0. The van der Waals surface area contributed by atoms with Gasteiger partial charge in [0.05, 0.1) is 17.0 Å². The number of hydrogen-bond acceptors (Lipinski definition) is 5. The second kappa shape index (κ2) is 8.70. The van der Waals surface area contributed by atoms with Gasteiger partial charge in [-0.15, -0.1) is 11.3 Å². The van der Waals surface area contributed by atoms with Crippen molar-refractivity contribution in [2.75, 3.05) is 33.4 Å². The molecule has 0 atom stereocenters. The van der Waals surface area contributed by atoms with Crippen LogP contribution >= 0.6 is 22.9 Å². The first-order chi connectivity index (χ1) is 12.6. The second-order valence-corrected chi connectivity index (χ2v) is 8.37. The highest BCUT2D eigenvalue weighted by Gasteiger charge is 2.42. The van der Waals surface area contributed by atoms with Crippen LogP contribution in [0.4, 0.5) is 0 Å². The molecule has 142 valence electrons. The van der Waals surface area contributed by atoms with E-state index in [2.05, 4.69) is 17.0 Å². The van der Waals surface area contributed by atoms with E-state index in [4.69, 9.17) is 21.1 Å². The van der Waals surface area contributed by atoms with Gasteiger partial charge in [0.15, 0.2) is 0 Å². The number of rotatable bonds is 7. The van der Waals surface area contributed by atoms with Gasteiger partial charge in [0.25, 0.3) is 0 Å². The Kier molecular flexibility index (Phi) is 6.56. The van der Waals surface area contributed by atoms with Crippen LogP contribution in [0, 0.1) is 5.41 Å². The van der Waals surface area contributed by atoms with Crippen LogP contribution in [0.2, 0.25) is 5.02 Å². The predicted octanol–water partition coefficient (Wildman–Crippen LogP) is 4.74. The molecule has 0 N–H and O–H groups in total. The van der Waals surface area contributed by atoms with Crippen LogP contribution in [0.25, 0.3) is 10.1 Å². The molecule has 0 unspecified atom stereocenters. The van der Waals surface area contributed by atoms with Crippen molar-refractivity contribution in [3.8, 4) is 0 Å². The fraction of sp³-hybridized carbons (Fsp3) is 0.550. The first-order valence-corrected chi connectivity index (χ1v) is 10.3. The van der Waals surface area contributed by atoms with Gasteiger partial charge in [-0.2, -0.15) is 0 Å². The summed E-state index contributed by atoms with van der Waals surface area (Å²) in [6.07, 6.45) is 2.33. The van der Waals surface area contributed by atoms with Gasteiger partial charge in [0, 0.05) is 35.2 Å². The molecule has 1 aliphatic heterocycles. The molecule has 1 aromatic carbocycles. The van der Waals surface area contributed by atoms with Gasteiger partial charge in [-0.3, -0.25) is 9.69 Å². The third-order valence-corrected chi connectivity index (χ3v) is 6.97. The average molecular weight is 396 g/mol. The van der Waals surface area contributed by atoms with E-state index in [0.29, 0.717) is 13.2 Å². The number of methoxy groups -OCH3 is 1. The quantitative estimate of drug-likeness (QED) is 0.635. The summed E-state index contributed by atoms with van der Waals surface area (Å²) in [5, 5.41) is 2.00. The molecule has 2 aromatic rings. The van der Waals surface area contributed by atoms with Crippen LogP contribution in [0.15, 0.2) is 24.3 Å². The molecule has 1 saturated heterocycles. The maximum absolute atomic E-state index is 12.5. The summed E-state index contributed by atoms with van der Waals surface area (Å²) in [6, 6.07) is 8.25. The Balaban J connectivity index is 1.67. The summed E-state index contributed by atoms with van der Waals surface area (Å²) in [5.41, 5.74) is -0.410. The third-order valence-electron chi connectivity index (χ3n) is 5.28. The number of carbonyl (C=O) groups is 1. The molecule has 0 radical (unpaired) electrons. The molecule has 0 spiro atoms. The molecule has 1 aromatic heterocycles. The first-order valence-electron chi connectivity index (χ1n) is 9.14. The maximum Gasteiger partial charge on any atom is 0.312 e. The molecule has 1 fully saturated rings. The summed E-state index contributed by atoms with van der Waals surface area (Å²) in [6.45, 7) is 5.44. The normalized spacial score (nSPS) is 17.5. The van der Waals surface area contributed by atoms with Crippen molar-refractivity contribution >= 4 is 39.0 Å². The van der Waals surface area contributed by atoms with E-state index in [-0.39, 0.29) is 5.97 Å². The van der Waals surface area contributed by atoms with E-state index >= 15 is 0 Å². The summed E-state index contributed by atoms with van der Waals surface area (Å²) in [5.74, 6) is -0.0726. The number of thiophene rings is 1. The zero-order valence-corrected chi connectivity index (χ0v) is 17.0. The first kappa shape index (κ1) is 19.6. The van der Waals surface area contributed by atoms with E-state index < -0.39 is 5.41 Å². The van der Waals surface area contributed by atoms with Crippen LogP contribution in [-0.2, 0) is 20.8 Å². The fourth-order valence-electron chi connectivity index (χ4n) is 3.65.